The zero-order chi connectivity index (χ0) is 18.7. The van der Waals surface area contributed by atoms with Crippen LogP contribution in [0.2, 0.25) is 0 Å². The SMILES string of the molecule is CCCc1[nH]c2cc(OC)c(OC)cc2c(=O)c1C(=O)c1ccccc1. The van der Waals surface area contributed by atoms with Gasteiger partial charge in [0, 0.05) is 17.3 Å². The summed E-state index contributed by atoms with van der Waals surface area (Å²) in [6, 6.07) is 12.2. The van der Waals surface area contributed by atoms with E-state index in [9.17, 15) is 9.59 Å². The molecule has 0 bridgehead atoms. The number of ketones is 1. The van der Waals surface area contributed by atoms with Crippen LogP contribution in [0.15, 0.2) is 47.3 Å². The van der Waals surface area contributed by atoms with Gasteiger partial charge in [0.2, 0.25) is 5.43 Å². The lowest BCUT2D eigenvalue weighted by Crippen LogP contribution is -2.21. The average Bonchev–Trinajstić information content (AvgIpc) is 2.67. The second-order valence-electron chi connectivity index (χ2n) is 6.01. The lowest BCUT2D eigenvalue weighted by atomic mass is 9.97. The van der Waals surface area contributed by atoms with Crippen LogP contribution in [0.3, 0.4) is 0 Å². The van der Waals surface area contributed by atoms with Crippen molar-refractivity contribution >= 4 is 16.7 Å². The summed E-state index contributed by atoms with van der Waals surface area (Å²) in [5.41, 5.74) is 1.66. The molecule has 0 saturated carbocycles. The van der Waals surface area contributed by atoms with Crippen molar-refractivity contribution in [3.8, 4) is 11.5 Å². The zero-order valence-corrected chi connectivity index (χ0v) is 15.1. The number of fused-ring (bicyclic) bond motifs is 1. The van der Waals surface area contributed by atoms with Gasteiger partial charge in [0.25, 0.3) is 0 Å². The van der Waals surface area contributed by atoms with Gasteiger partial charge in [-0.2, -0.15) is 0 Å². The highest BCUT2D eigenvalue weighted by Gasteiger charge is 2.21. The Bertz CT molecular complexity index is 1010. The van der Waals surface area contributed by atoms with Gasteiger partial charge in [-0.25, -0.2) is 0 Å². The third kappa shape index (κ3) is 3.08. The molecule has 3 rings (SSSR count). The summed E-state index contributed by atoms with van der Waals surface area (Å²) in [6.45, 7) is 2.01. The molecule has 26 heavy (non-hydrogen) atoms. The molecular formula is C21H21NO4. The molecule has 3 aromatic rings. The molecule has 1 aromatic heterocycles. The van der Waals surface area contributed by atoms with Gasteiger partial charge in [-0.15, -0.1) is 0 Å². The normalized spacial score (nSPS) is 10.7. The maximum Gasteiger partial charge on any atom is 0.200 e. The lowest BCUT2D eigenvalue weighted by Gasteiger charge is -2.13. The quantitative estimate of drug-likeness (QED) is 0.687. The molecule has 0 fully saturated rings. The van der Waals surface area contributed by atoms with Gasteiger partial charge in [0.05, 0.1) is 30.7 Å². The molecule has 0 aliphatic rings. The number of hydrogen-bond donors (Lipinski definition) is 1. The van der Waals surface area contributed by atoms with Crippen molar-refractivity contribution in [2.24, 2.45) is 0 Å². The summed E-state index contributed by atoms with van der Waals surface area (Å²) in [5.74, 6) is 0.707. The second-order valence-corrected chi connectivity index (χ2v) is 6.01. The Morgan fingerprint density at radius 3 is 2.31 bits per heavy atom. The Morgan fingerprint density at radius 1 is 1.04 bits per heavy atom. The van der Waals surface area contributed by atoms with Gasteiger partial charge in [-0.3, -0.25) is 9.59 Å². The van der Waals surface area contributed by atoms with Crippen LogP contribution in [0.25, 0.3) is 10.9 Å². The highest BCUT2D eigenvalue weighted by Crippen LogP contribution is 2.31. The standard InChI is InChI=1S/C21H21NO4/c1-4-8-15-19(20(23)13-9-6-5-7-10-13)21(24)14-11-17(25-2)18(26-3)12-16(14)22-15/h5-7,9-12H,4,8H2,1-3H3,(H,22,24). The van der Waals surface area contributed by atoms with Crippen LogP contribution in [0.4, 0.5) is 0 Å². The largest absolute Gasteiger partial charge is 0.493 e. The average molecular weight is 351 g/mol. The van der Waals surface area contributed by atoms with Gasteiger partial charge in [0.15, 0.2) is 17.3 Å². The van der Waals surface area contributed by atoms with Crippen LogP contribution in [-0.4, -0.2) is 25.0 Å². The molecule has 5 heteroatoms. The molecule has 0 amide bonds. The molecule has 134 valence electrons. The van der Waals surface area contributed by atoms with E-state index in [0.29, 0.717) is 40.1 Å². The highest BCUT2D eigenvalue weighted by molar-refractivity contribution is 6.11. The number of aromatic nitrogens is 1. The van der Waals surface area contributed by atoms with Crippen molar-refractivity contribution < 1.29 is 14.3 Å². The number of aromatic amines is 1. The number of benzene rings is 2. The Kier molecular flexibility index (Phi) is 5.07. The molecule has 0 aliphatic heterocycles. The summed E-state index contributed by atoms with van der Waals surface area (Å²) in [6.07, 6.45) is 1.41. The van der Waals surface area contributed by atoms with E-state index >= 15 is 0 Å². The Labute approximate surface area is 151 Å². The topological polar surface area (TPSA) is 68.4 Å². The van der Waals surface area contributed by atoms with Crippen molar-refractivity contribution in [3.63, 3.8) is 0 Å². The number of carbonyl (C=O) groups is 1. The zero-order valence-electron chi connectivity index (χ0n) is 15.1. The van der Waals surface area contributed by atoms with Crippen LogP contribution in [0.1, 0.15) is 35.0 Å². The summed E-state index contributed by atoms with van der Waals surface area (Å²) in [7, 11) is 3.06. The summed E-state index contributed by atoms with van der Waals surface area (Å²) >= 11 is 0. The van der Waals surface area contributed by atoms with Gasteiger partial charge >= 0.3 is 0 Å². The van der Waals surface area contributed by atoms with Crippen molar-refractivity contribution in [2.75, 3.05) is 14.2 Å². The minimum absolute atomic E-state index is 0.192. The van der Waals surface area contributed by atoms with E-state index in [1.54, 1.807) is 43.5 Å². The molecule has 0 spiro atoms. The fourth-order valence-corrected chi connectivity index (χ4v) is 3.08. The van der Waals surface area contributed by atoms with E-state index in [1.807, 2.05) is 13.0 Å². The van der Waals surface area contributed by atoms with Gasteiger partial charge in [-0.05, 0) is 12.5 Å². The molecule has 2 aromatic carbocycles. The number of ether oxygens (including phenoxy) is 2. The van der Waals surface area contributed by atoms with Crippen molar-refractivity contribution in [3.05, 3.63) is 69.5 Å². The lowest BCUT2D eigenvalue weighted by molar-refractivity contribution is 0.103. The first-order valence-electron chi connectivity index (χ1n) is 8.51. The van der Waals surface area contributed by atoms with Crippen LogP contribution in [-0.2, 0) is 6.42 Å². The third-order valence-corrected chi connectivity index (χ3v) is 4.35. The van der Waals surface area contributed by atoms with E-state index < -0.39 is 0 Å². The molecule has 0 atom stereocenters. The molecule has 0 unspecified atom stereocenters. The predicted molar refractivity (Wildman–Crippen MR) is 102 cm³/mol. The van der Waals surface area contributed by atoms with Gasteiger partial charge in [0.1, 0.15) is 0 Å². The second kappa shape index (κ2) is 7.44. The minimum Gasteiger partial charge on any atom is -0.493 e. The van der Waals surface area contributed by atoms with E-state index in [0.717, 1.165) is 6.42 Å². The van der Waals surface area contributed by atoms with Gasteiger partial charge in [-0.1, -0.05) is 43.7 Å². The Morgan fingerprint density at radius 2 is 1.69 bits per heavy atom. The Balaban J connectivity index is 2.30. The minimum atomic E-state index is -0.294. The molecule has 0 saturated heterocycles. The van der Waals surface area contributed by atoms with Crippen molar-refractivity contribution in [1.82, 2.24) is 4.98 Å². The summed E-state index contributed by atoms with van der Waals surface area (Å²) in [4.78, 5) is 29.4. The van der Waals surface area contributed by atoms with E-state index in [4.69, 9.17) is 9.47 Å². The van der Waals surface area contributed by atoms with Crippen LogP contribution < -0.4 is 14.9 Å². The van der Waals surface area contributed by atoms with Crippen LogP contribution in [0, 0.1) is 0 Å². The van der Waals surface area contributed by atoms with Crippen LogP contribution >= 0.6 is 0 Å². The molecule has 1 N–H and O–H groups in total. The monoisotopic (exact) mass is 351 g/mol. The van der Waals surface area contributed by atoms with Crippen molar-refractivity contribution in [1.29, 1.82) is 0 Å². The van der Waals surface area contributed by atoms with Crippen molar-refractivity contribution in [2.45, 2.75) is 19.8 Å². The molecule has 1 heterocycles. The number of aryl methyl sites for hydroxylation is 1. The van der Waals surface area contributed by atoms with Crippen LogP contribution in [0.5, 0.6) is 11.5 Å². The number of carbonyl (C=O) groups excluding carboxylic acids is 1. The third-order valence-electron chi connectivity index (χ3n) is 4.35. The van der Waals surface area contributed by atoms with Gasteiger partial charge < -0.3 is 14.5 Å². The van der Waals surface area contributed by atoms with E-state index in [1.165, 1.54) is 7.11 Å². The predicted octanol–water partition coefficient (Wildman–Crippen LogP) is 3.73. The highest BCUT2D eigenvalue weighted by atomic mass is 16.5. The maximum atomic E-state index is 13.2. The smallest absolute Gasteiger partial charge is 0.200 e. The first-order valence-corrected chi connectivity index (χ1v) is 8.51. The summed E-state index contributed by atoms with van der Waals surface area (Å²) < 4.78 is 10.6. The van der Waals surface area contributed by atoms with E-state index in [-0.39, 0.29) is 16.8 Å². The number of methoxy groups -OCH3 is 2. The number of hydrogen-bond acceptors (Lipinski definition) is 4. The number of pyridine rings is 1. The number of rotatable bonds is 6. The maximum absolute atomic E-state index is 13.2. The fourth-order valence-electron chi connectivity index (χ4n) is 3.08. The molecule has 5 nitrogen and oxygen atoms in total. The first kappa shape index (κ1) is 17.7. The molecule has 0 aliphatic carbocycles. The molecular weight excluding hydrogens is 330 g/mol. The Hall–Kier alpha value is -3.08. The molecule has 0 radical (unpaired) electrons. The number of nitrogens with one attached hydrogen (secondary N) is 1. The first-order chi connectivity index (χ1) is 12.6. The van der Waals surface area contributed by atoms with E-state index in [2.05, 4.69) is 4.98 Å². The fraction of sp³-hybridized carbons (Fsp3) is 0.238. The number of H-pyrrole nitrogens is 1. The summed E-state index contributed by atoms with van der Waals surface area (Å²) in [5, 5.41) is 0.404.